The SMILES string of the molecule is CCOc1cncc(C2(O)CCCC(OC)C2)c1. The van der Waals surface area contributed by atoms with E-state index >= 15 is 0 Å². The van der Waals surface area contributed by atoms with Gasteiger partial charge in [-0.15, -0.1) is 0 Å². The molecule has 1 aliphatic carbocycles. The van der Waals surface area contributed by atoms with Gasteiger partial charge in [0.05, 0.1) is 24.5 Å². The van der Waals surface area contributed by atoms with Gasteiger partial charge in [-0.25, -0.2) is 0 Å². The minimum Gasteiger partial charge on any atom is -0.492 e. The van der Waals surface area contributed by atoms with Crippen molar-refractivity contribution in [2.75, 3.05) is 13.7 Å². The zero-order chi connectivity index (χ0) is 13.0. The lowest BCUT2D eigenvalue weighted by molar-refractivity contribution is -0.0634. The third-order valence-electron chi connectivity index (χ3n) is 3.58. The van der Waals surface area contributed by atoms with Crippen LogP contribution in [0, 0.1) is 0 Å². The monoisotopic (exact) mass is 251 g/mol. The summed E-state index contributed by atoms with van der Waals surface area (Å²) in [7, 11) is 1.70. The van der Waals surface area contributed by atoms with E-state index in [1.54, 1.807) is 19.5 Å². The molecule has 1 N–H and O–H groups in total. The smallest absolute Gasteiger partial charge is 0.137 e. The first kappa shape index (κ1) is 13.3. The predicted molar refractivity (Wildman–Crippen MR) is 68.6 cm³/mol. The number of pyridine rings is 1. The molecule has 0 aliphatic heterocycles. The van der Waals surface area contributed by atoms with Gasteiger partial charge in [0.2, 0.25) is 0 Å². The molecule has 0 radical (unpaired) electrons. The number of methoxy groups -OCH3 is 1. The summed E-state index contributed by atoms with van der Waals surface area (Å²) >= 11 is 0. The maximum atomic E-state index is 10.8. The topological polar surface area (TPSA) is 51.6 Å². The van der Waals surface area contributed by atoms with Gasteiger partial charge in [0.15, 0.2) is 0 Å². The Morgan fingerprint density at radius 1 is 1.50 bits per heavy atom. The fourth-order valence-corrected chi connectivity index (χ4v) is 2.59. The summed E-state index contributed by atoms with van der Waals surface area (Å²) in [4.78, 5) is 4.15. The van der Waals surface area contributed by atoms with Crippen molar-refractivity contribution in [1.29, 1.82) is 0 Å². The molecule has 1 saturated carbocycles. The van der Waals surface area contributed by atoms with Gasteiger partial charge < -0.3 is 14.6 Å². The molecule has 4 nitrogen and oxygen atoms in total. The van der Waals surface area contributed by atoms with Gasteiger partial charge in [0.25, 0.3) is 0 Å². The second-order valence-electron chi connectivity index (χ2n) is 4.83. The zero-order valence-corrected chi connectivity index (χ0v) is 11.1. The van der Waals surface area contributed by atoms with E-state index < -0.39 is 5.60 Å². The van der Waals surface area contributed by atoms with Crippen LogP contribution in [0.5, 0.6) is 5.75 Å². The third-order valence-corrected chi connectivity index (χ3v) is 3.58. The molecule has 0 aromatic carbocycles. The maximum absolute atomic E-state index is 10.8. The Morgan fingerprint density at radius 2 is 2.33 bits per heavy atom. The molecule has 18 heavy (non-hydrogen) atoms. The predicted octanol–water partition coefficient (Wildman–Crippen LogP) is 2.26. The second-order valence-corrected chi connectivity index (χ2v) is 4.83. The Morgan fingerprint density at radius 3 is 3.06 bits per heavy atom. The molecule has 1 heterocycles. The number of aromatic nitrogens is 1. The summed E-state index contributed by atoms with van der Waals surface area (Å²) in [6.45, 7) is 2.53. The molecule has 1 aromatic heterocycles. The van der Waals surface area contributed by atoms with Crippen LogP contribution in [0.3, 0.4) is 0 Å². The van der Waals surface area contributed by atoms with E-state index in [0.717, 1.165) is 24.8 Å². The highest BCUT2D eigenvalue weighted by molar-refractivity contribution is 5.28. The minimum absolute atomic E-state index is 0.125. The Bertz CT molecular complexity index is 396. The van der Waals surface area contributed by atoms with Crippen molar-refractivity contribution >= 4 is 0 Å². The highest BCUT2D eigenvalue weighted by Gasteiger charge is 2.36. The Hall–Kier alpha value is -1.13. The lowest BCUT2D eigenvalue weighted by Crippen LogP contribution is -2.36. The van der Waals surface area contributed by atoms with E-state index in [1.165, 1.54) is 0 Å². The molecule has 0 saturated heterocycles. The Labute approximate surface area is 108 Å². The average Bonchev–Trinajstić information content (AvgIpc) is 2.39. The number of hydrogen-bond donors (Lipinski definition) is 1. The molecule has 100 valence electrons. The fourth-order valence-electron chi connectivity index (χ4n) is 2.59. The summed E-state index contributed by atoms with van der Waals surface area (Å²) in [6, 6.07) is 1.88. The summed E-state index contributed by atoms with van der Waals surface area (Å²) in [6.07, 6.45) is 6.88. The molecule has 4 heteroatoms. The van der Waals surface area contributed by atoms with Gasteiger partial charge in [0.1, 0.15) is 5.75 Å². The fraction of sp³-hybridized carbons (Fsp3) is 0.643. The first-order valence-electron chi connectivity index (χ1n) is 6.51. The van der Waals surface area contributed by atoms with E-state index in [4.69, 9.17) is 9.47 Å². The molecule has 1 aliphatic rings. The van der Waals surface area contributed by atoms with Crippen LogP contribution in [-0.2, 0) is 10.3 Å². The lowest BCUT2D eigenvalue weighted by atomic mass is 9.79. The van der Waals surface area contributed by atoms with Crippen LogP contribution >= 0.6 is 0 Å². The van der Waals surface area contributed by atoms with Crippen LogP contribution < -0.4 is 4.74 Å². The van der Waals surface area contributed by atoms with Crippen LogP contribution in [0.2, 0.25) is 0 Å². The second kappa shape index (κ2) is 5.67. The lowest BCUT2D eigenvalue weighted by Gasteiger charge is -2.36. The van der Waals surface area contributed by atoms with E-state index in [2.05, 4.69) is 4.98 Å². The maximum Gasteiger partial charge on any atom is 0.137 e. The van der Waals surface area contributed by atoms with Gasteiger partial charge in [-0.1, -0.05) is 0 Å². The quantitative estimate of drug-likeness (QED) is 0.891. The summed E-state index contributed by atoms with van der Waals surface area (Å²) in [5.74, 6) is 0.711. The van der Waals surface area contributed by atoms with Gasteiger partial charge >= 0.3 is 0 Å². The molecule has 2 atom stereocenters. The normalized spacial score (nSPS) is 28.1. The van der Waals surface area contributed by atoms with Crippen molar-refractivity contribution in [3.8, 4) is 5.75 Å². The molecule has 0 amide bonds. The molecular formula is C14H21NO3. The molecule has 2 rings (SSSR count). The Kier molecular flexibility index (Phi) is 4.19. The summed E-state index contributed by atoms with van der Waals surface area (Å²) in [5.41, 5.74) is -0.00540. The first-order chi connectivity index (χ1) is 8.68. The van der Waals surface area contributed by atoms with Crippen LogP contribution in [-0.4, -0.2) is 29.9 Å². The number of nitrogens with zero attached hydrogens (tertiary/aromatic N) is 1. The standard InChI is InChI=1S/C14H21NO3/c1-3-18-13-7-11(9-15-10-13)14(16)6-4-5-12(8-14)17-2/h7,9-10,12,16H,3-6,8H2,1-2H3. The van der Waals surface area contributed by atoms with Crippen molar-refractivity contribution < 1.29 is 14.6 Å². The number of aliphatic hydroxyl groups is 1. The number of rotatable bonds is 4. The molecular weight excluding hydrogens is 230 g/mol. The Balaban J connectivity index is 2.20. The van der Waals surface area contributed by atoms with Gasteiger partial charge in [-0.3, -0.25) is 4.98 Å². The van der Waals surface area contributed by atoms with E-state index in [-0.39, 0.29) is 6.10 Å². The molecule has 0 spiro atoms. The number of ether oxygens (including phenoxy) is 2. The highest BCUT2D eigenvalue weighted by atomic mass is 16.5. The van der Waals surface area contributed by atoms with Gasteiger partial charge in [-0.2, -0.15) is 0 Å². The van der Waals surface area contributed by atoms with Crippen molar-refractivity contribution in [3.05, 3.63) is 24.0 Å². The zero-order valence-electron chi connectivity index (χ0n) is 11.1. The van der Waals surface area contributed by atoms with E-state index in [0.29, 0.717) is 18.8 Å². The highest BCUT2D eigenvalue weighted by Crippen LogP contribution is 2.38. The van der Waals surface area contributed by atoms with Gasteiger partial charge in [0, 0.05) is 25.3 Å². The summed E-state index contributed by atoms with van der Waals surface area (Å²) < 4.78 is 10.8. The minimum atomic E-state index is -0.834. The van der Waals surface area contributed by atoms with Crippen molar-refractivity contribution in [2.45, 2.75) is 44.3 Å². The molecule has 2 unspecified atom stereocenters. The molecule has 1 aromatic rings. The first-order valence-corrected chi connectivity index (χ1v) is 6.51. The van der Waals surface area contributed by atoms with E-state index in [9.17, 15) is 5.11 Å². The van der Waals surface area contributed by atoms with Crippen LogP contribution in [0.1, 0.15) is 38.2 Å². The van der Waals surface area contributed by atoms with Crippen LogP contribution in [0.25, 0.3) is 0 Å². The number of hydrogen-bond acceptors (Lipinski definition) is 4. The third kappa shape index (κ3) is 2.82. The molecule has 0 bridgehead atoms. The van der Waals surface area contributed by atoms with Crippen molar-refractivity contribution in [2.24, 2.45) is 0 Å². The van der Waals surface area contributed by atoms with E-state index in [1.807, 2.05) is 13.0 Å². The molecule has 1 fully saturated rings. The van der Waals surface area contributed by atoms with Gasteiger partial charge in [-0.05, 0) is 32.3 Å². The van der Waals surface area contributed by atoms with Crippen molar-refractivity contribution in [1.82, 2.24) is 4.98 Å². The van der Waals surface area contributed by atoms with Crippen LogP contribution in [0.4, 0.5) is 0 Å². The van der Waals surface area contributed by atoms with Crippen LogP contribution in [0.15, 0.2) is 18.5 Å². The largest absolute Gasteiger partial charge is 0.492 e. The average molecular weight is 251 g/mol. The van der Waals surface area contributed by atoms with Crippen molar-refractivity contribution in [3.63, 3.8) is 0 Å². The summed E-state index contributed by atoms with van der Waals surface area (Å²) in [5, 5.41) is 10.8.